The van der Waals surface area contributed by atoms with Crippen LogP contribution in [0.2, 0.25) is 0 Å². The van der Waals surface area contributed by atoms with Gasteiger partial charge in [0.25, 0.3) is 5.91 Å². The van der Waals surface area contributed by atoms with Crippen LogP contribution in [0.15, 0.2) is 48.5 Å². The van der Waals surface area contributed by atoms with E-state index in [2.05, 4.69) is 5.32 Å². The van der Waals surface area contributed by atoms with Crippen LogP contribution in [0.5, 0.6) is 11.5 Å². The number of hydrogen-bond donors (Lipinski definition) is 2. The summed E-state index contributed by atoms with van der Waals surface area (Å²) in [5.74, 6) is -1.20. The fourth-order valence-corrected chi connectivity index (χ4v) is 2.23. The first-order chi connectivity index (χ1) is 12.9. The number of rotatable bonds is 7. The average molecular weight is 369 g/mol. The van der Waals surface area contributed by atoms with Gasteiger partial charge in [-0.3, -0.25) is 9.59 Å². The molecule has 0 spiro atoms. The van der Waals surface area contributed by atoms with Crippen LogP contribution in [-0.4, -0.2) is 36.5 Å². The molecule has 0 radical (unpaired) electrons. The molecule has 0 fully saturated rings. The van der Waals surface area contributed by atoms with Crippen molar-refractivity contribution in [2.45, 2.75) is 6.92 Å². The summed E-state index contributed by atoms with van der Waals surface area (Å²) in [7, 11) is 1.42. The number of phenolic OH excluding ortho intramolecular Hbond substituents is 1. The van der Waals surface area contributed by atoms with Gasteiger partial charge in [-0.1, -0.05) is 18.2 Å². The van der Waals surface area contributed by atoms with Crippen LogP contribution in [-0.2, 0) is 14.3 Å². The van der Waals surface area contributed by atoms with Gasteiger partial charge in [-0.15, -0.1) is 0 Å². The third kappa shape index (κ3) is 5.71. The molecule has 0 aromatic heterocycles. The molecule has 7 heteroatoms. The van der Waals surface area contributed by atoms with Gasteiger partial charge in [0.05, 0.1) is 12.8 Å². The van der Waals surface area contributed by atoms with E-state index in [1.165, 1.54) is 26.2 Å². The Balaban J connectivity index is 1.90. The lowest BCUT2D eigenvalue weighted by atomic mass is 10.1. The number of esters is 1. The van der Waals surface area contributed by atoms with E-state index in [9.17, 15) is 19.5 Å². The number of nitrogens with one attached hydrogen (secondary N) is 1. The Kier molecular flexibility index (Phi) is 6.71. The Bertz CT molecular complexity index is 888. The number of aromatic hydroxyl groups is 1. The van der Waals surface area contributed by atoms with Gasteiger partial charge < -0.3 is 19.9 Å². The highest BCUT2D eigenvalue weighted by atomic mass is 16.5. The lowest BCUT2D eigenvalue weighted by molar-refractivity contribution is -0.142. The van der Waals surface area contributed by atoms with Gasteiger partial charge in [0, 0.05) is 11.6 Å². The smallest absolute Gasteiger partial charge is 0.331 e. The van der Waals surface area contributed by atoms with Crippen molar-refractivity contribution in [3.05, 3.63) is 59.7 Å². The van der Waals surface area contributed by atoms with E-state index < -0.39 is 18.5 Å². The lowest BCUT2D eigenvalue weighted by Crippen LogP contribution is -2.21. The minimum Gasteiger partial charge on any atom is -0.504 e. The van der Waals surface area contributed by atoms with Crippen LogP contribution in [0.4, 0.5) is 5.69 Å². The van der Waals surface area contributed by atoms with E-state index in [1.54, 1.807) is 36.4 Å². The monoisotopic (exact) mass is 369 g/mol. The molecule has 0 aliphatic rings. The number of carbonyl (C=O) groups excluding carboxylic acids is 3. The van der Waals surface area contributed by atoms with Crippen molar-refractivity contribution in [2.75, 3.05) is 19.0 Å². The number of amides is 1. The molecular weight excluding hydrogens is 350 g/mol. The zero-order chi connectivity index (χ0) is 19.8. The summed E-state index contributed by atoms with van der Waals surface area (Å²) >= 11 is 0. The van der Waals surface area contributed by atoms with Gasteiger partial charge in [0.1, 0.15) is 0 Å². The van der Waals surface area contributed by atoms with E-state index in [-0.39, 0.29) is 17.3 Å². The SMILES string of the molecule is COc1cc(/C=C/C(=O)OCC(=O)Nc2ccccc2C(C)=O)ccc1O. The Hall–Kier alpha value is -3.61. The molecule has 0 heterocycles. The van der Waals surface area contributed by atoms with Crippen LogP contribution in [0.3, 0.4) is 0 Å². The number of benzene rings is 2. The summed E-state index contributed by atoms with van der Waals surface area (Å²) in [6.45, 7) is 0.905. The molecule has 0 saturated heterocycles. The van der Waals surface area contributed by atoms with Gasteiger partial charge in [-0.05, 0) is 42.8 Å². The standard InChI is InChI=1S/C20H19NO6/c1-13(22)15-5-3-4-6-16(15)21-19(24)12-27-20(25)10-8-14-7-9-17(23)18(11-14)26-2/h3-11,23H,12H2,1-2H3,(H,21,24)/b10-8+. The largest absolute Gasteiger partial charge is 0.504 e. The van der Waals surface area contributed by atoms with Crippen molar-refractivity contribution in [2.24, 2.45) is 0 Å². The molecule has 0 aliphatic heterocycles. The predicted octanol–water partition coefficient (Wildman–Crippen LogP) is 2.80. The van der Waals surface area contributed by atoms with Crippen LogP contribution in [0, 0.1) is 0 Å². The van der Waals surface area contributed by atoms with Crippen molar-refractivity contribution in [3.8, 4) is 11.5 Å². The second kappa shape index (κ2) is 9.19. The van der Waals surface area contributed by atoms with Crippen LogP contribution in [0.1, 0.15) is 22.8 Å². The summed E-state index contributed by atoms with van der Waals surface area (Å²) in [6.07, 6.45) is 2.62. The third-order valence-corrected chi connectivity index (χ3v) is 3.54. The summed E-state index contributed by atoms with van der Waals surface area (Å²) in [4.78, 5) is 35.2. The lowest BCUT2D eigenvalue weighted by Gasteiger charge is -2.08. The fraction of sp³-hybridized carbons (Fsp3) is 0.150. The quantitative estimate of drug-likeness (QED) is 0.442. The second-order valence-electron chi connectivity index (χ2n) is 5.52. The summed E-state index contributed by atoms with van der Waals surface area (Å²) in [6, 6.07) is 11.1. The molecule has 140 valence electrons. The Labute approximate surface area is 156 Å². The normalized spacial score (nSPS) is 10.4. The van der Waals surface area contributed by atoms with Gasteiger partial charge >= 0.3 is 5.97 Å². The number of ether oxygens (including phenoxy) is 2. The Morgan fingerprint density at radius 3 is 2.59 bits per heavy atom. The van der Waals surface area contributed by atoms with E-state index in [1.807, 2.05) is 0 Å². The number of ketones is 1. The van der Waals surface area contributed by atoms with E-state index in [4.69, 9.17) is 9.47 Å². The van der Waals surface area contributed by atoms with Crippen molar-refractivity contribution < 1.29 is 29.0 Å². The van der Waals surface area contributed by atoms with E-state index in [0.29, 0.717) is 16.8 Å². The van der Waals surface area contributed by atoms with Crippen LogP contribution < -0.4 is 10.1 Å². The number of hydrogen-bond acceptors (Lipinski definition) is 6. The molecule has 2 rings (SSSR count). The van der Waals surface area contributed by atoms with E-state index >= 15 is 0 Å². The van der Waals surface area contributed by atoms with Gasteiger partial charge in [0.15, 0.2) is 23.9 Å². The van der Waals surface area contributed by atoms with Crippen LogP contribution in [0.25, 0.3) is 6.08 Å². The molecule has 0 saturated carbocycles. The molecule has 0 bridgehead atoms. The second-order valence-corrected chi connectivity index (χ2v) is 5.52. The Morgan fingerprint density at radius 2 is 1.89 bits per heavy atom. The number of methoxy groups -OCH3 is 1. The average Bonchev–Trinajstić information content (AvgIpc) is 2.66. The predicted molar refractivity (Wildman–Crippen MR) is 99.7 cm³/mol. The maximum Gasteiger partial charge on any atom is 0.331 e. The summed E-state index contributed by atoms with van der Waals surface area (Å²) < 4.78 is 9.85. The summed E-state index contributed by atoms with van der Waals surface area (Å²) in [5.41, 5.74) is 1.34. The first-order valence-electron chi connectivity index (χ1n) is 8.02. The van der Waals surface area contributed by atoms with Crippen molar-refractivity contribution in [3.63, 3.8) is 0 Å². The molecule has 2 aromatic rings. The van der Waals surface area contributed by atoms with E-state index in [0.717, 1.165) is 6.08 Å². The van der Waals surface area contributed by atoms with Crippen molar-refractivity contribution >= 4 is 29.4 Å². The number of carbonyl (C=O) groups is 3. The third-order valence-electron chi connectivity index (χ3n) is 3.54. The van der Waals surface area contributed by atoms with Gasteiger partial charge in [0.2, 0.25) is 0 Å². The summed E-state index contributed by atoms with van der Waals surface area (Å²) in [5, 5.41) is 12.1. The molecule has 0 aliphatic carbocycles. The van der Waals surface area contributed by atoms with Crippen molar-refractivity contribution in [1.29, 1.82) is 0 Å². The first-order valence-corrected chi connectivity index (χ1v) is 8.02. The zero-order valence-electron chi connectivity index (χ0n) is 14.9. The highest BCUT2D eigenvalue weighted by molar-refractivity contribution is 6.04. The minimum atomic E-state index is -0.711. The molecule has 27 heavy (non-hydrogen) atoms. The minimum absolute atomic E-state index is 0.0141. The highest BCUT2D eigenvalue weighted by Gasteiger charge is 2.11. The number of Topliss-reactive ketones (excluding diaryl/α,β-unsaturated/α-hetero) is 1. The molecule has 1 amide bonds. The molecular formula is C20H19NO6. The molecule has 0 atom stereocenters. The molecule has 7 nitrogen and oxygen atoms in total. The van der Waals surface area contributed by atoms with Crippen molar-refractivity contribution in [1.82, 2.24) is 0 Å². The number of para-hydroxylation sites is 1. The first kappa shape index (κ1) is 19.7. The Morgan fingerprint density at radius 1 is 1.15 bits per heavy atom. The van der Waals surface area contributed by atoms with Gasteiger partial charge in [-0.25, -0.2) is 4.79 Å². The molecule has 2 N–H and O–H groups in total. The maximum atomic E-state index is 11.9. The van der Waals surface area contributed by atoms with Crippen LogP contribution >= 0.6 is 0 Å². The number of anilines is 1. The highest BCUT2D eigenvalue weighted by Crippen LogP contribution is 2.26. The van der Waals surface area contributed by atoms with Gasteiger partial charge in [-0.2, -0.15) is 0 Å². The fourth-order valence-electron chi connectivity index (χ4n) is 2.23. The molecule has 0 unspecified atom stereocenters. The topological polar surface area (TPSA) is 102 Å². The number of phenols is 1. The molecule has 2 aromatic carbocycles. The zero-order valence-corrected chi connectivity index (χ0v) is 14.9. The maximum absolute atomic E-state index is 11.9.